The first-order valence-electron chi connectivity index (χ1n) is 6.16. The molecule has 0 atom stereocenters. The van der Waals surface area contributed by atoms with Crippen LogP contribution in [0.25, 0.3) is 12.2 Å². The predicted molar refractivity (Wildman–Crippen MR) is 75.3 cm³/mol. The summed E-state index contributed by atoms with van der Waals surface area (Å²) in [6.45, 7) is 0. The molecule has 0 bridgehead atoms. The fourth-order valence-electron chi connectivity index (χ4n) is 1.57. The highest BCUT2D eigenvalue weighted by Gasteiger charge is 2.04. The van der Waals surface area contributed by atoms with Crippen molar-refractivity contribution in [2.45, 2.75) is 0 Å². The van der Waals surface area contributed by atoms with Crippen molar-refractivity contribution in [2.75, 3.05) is 0 Å². The summed E-state index contributed by atoms with van der Waals surface area (Å²) < 4.78 is 4.99. The molecule has 0 spiro atoms. The van der Waals surface area contributed by atoms with Gasteiger partial charge in [0.25, 0.3) is 0 Å². The van der Waals surface area contributed by atoms with E-state index in [0.717, 1.165) is 5.56 Å². The number of furan rings is 1. The van der Waals surface area contributed by atoms with Gasteiger partial charge in [0.1, 0.15) is 5.76 Å². The van der Waals surface area contributed by atoms with Crippen LogP contribution in [-0.4, -0.2) is 11.9 Å². The van der Waals surface area contributed by atoms with Crippen LogP contribution in [0.2, 0.25) is 0 Å². The first kappa shape index (κ1) is 14.3. The molecule has 1 aromatic carbocycles. The Morgan fingerprint density at radius 2 is 1.86 bits per heavy atom. The second-order valence-corrected chi connectivity index (χ2v) is 4.09. The van der Waals surface area contributed by atoms with E-state index in [1.165, 1.54) is 18.4 Å². The van der Waals surface area contributed by atoms with E-state index in [2.05, 4.69) is 5.32 Å². The van der Waals surface area contributed by atoms with Gasteiger partial charge in [-0.25, -0.2) is 0 Å². The van der Waals surface area contributed by atoms with E-state index in [9.17, 15) is 14.7 Å². The molecule has 0 saturated heterocycles. The highest BCUT2D eigenvalue weighted by molar-refractivity contribution is 6.00. The molecule has 0 aliphatic rings. The molecule has 1 heterocycles. The Hall–Kier alpha value is -3.08. The Morgan fingerprint density at radius 3 is 2.48 bits per heavy atom. The maximum atomic E-state index is 11.7. The summed E-state index contributed by atoms with van der Waals surface area (Å²) >= 11 is 0. The maximum Gasteiger partial charge on any atom is 0.248 e. The topological polar surface area (TPSA) is 82.4 Å². The van der Waals surface area contributed by atoms with Gasteiger partial charge in [0.05, 0.1) is 17.9 Å². The Labute approximate surface area is 121 Å². The second-order valence-electron chi connectivity index (χ2n) is 4.09. The number of aliphatic carboxylic acids is 1. The van der Waals surface area contributed by atoms with Gasteiger partial charge in [-0.2, -0.15) is 0 Å². The lowest BCUT2D eigenvalue weighted by molar-refractivity contribution is -0.299. The number of carbonyl (C=O) groups is 2. The average molecular weight is 282 g/mol. The molecule has 106 valence electrons. The van der Waals surface area contributed by atoms with Crippen LogP contribution >= 0.6 is 0 Å². The van der Waals surface area contributed by atoms with E-state index in [4.69, 9.17) is 4.42 Å². The van der Waals surface area contributed by atoms with Crippen molar-refractivity contribution in [3.05, 3.63) is 71.8 Å². The molecular formula is C16H12NO4-. The van der Waals surface area contributed by atoms with Crippen LogP contribution in [0.1, 0.15) is 11.3 Å². The Bertz CT molecular complexity index is 670. The van der Waals surface area contributed by atoms with Crippen LogP contribution in [0.15, 0.2) is 64.9 Å². The summed E-state index contributed by atoms with van der Waals surface area (Å²) in [5, 5.41) is 13.2. The number of carbonyl (C=O) groups excluding carboxylic acids is 2. The number of carboxylic acid groups (broad SMARTS) is 1. The SMILES string of the molecule is O=C(/C=C/c1ccccc1)N/C(=C/c1ccco1)C(=O)[O-]. The van der Waals surface area contributed by atoms with Crippen LogP contribution < -0.4 is 10.4 Å². The molecule has 1 amide bonds. The van der Waals surface area contributed by atoms with Crippen molar-refractivity contribution in [2.24, 2.45) is 0 Å². The Kier molecular flexibility index (Phi) is 4.71. The molecule has 21 heavy (non-hydrogen) atoms. The highest BCUT2D eigenvalue weighted by Crippen LogP contribution is 2.06. The lowest BCUT2D eigenvalue weighted by Gasteiger charge is -2.08. The van der Waals surface area contributed by atoms with E-state index in [0.29, 0.717) is 5.76 Å². The summed E-state index contributed by atoms with van der Waals surface area (Å²) in [7, 11) is 0. The molecule has 2 aromatic rings. The zero-order valence-electron chi connectivity index (χ0n) is 11.0. The molecule has 5 heteroatoms. The number of rotatable bonds is 5. The summed E-state index contributed by atoms with van der Waals surface area (Å²) in [5.74, 6) is -1.75. The zero-order chi connectivity index (χ0) is 15.1. The van der Waals surface area contributed by atoms with E-state index in [1.54, 1.807) is 18.2 Å². The zero-order valence-corrected chi connectivity index (χ0v) is 11.0. The van der Waals surface area contributed by atoms with Crippen molar-refractivity contribution in [3.63, 3.8) is 0 Å². The Morgan fingerprint density at radius 1 is 1.10 bits per heavy atom. The predicted octanol–water partition coefficient (Wildman–Crippen LogP) is 1.20. The summed E-state index contributed by atoms with van der Waals surface area (Å²) in [6.07, 6.45) is 5.41. The number of amides is 1. The molecule has 1 aromatic heterocycles. The number of hydrogen-bond acceptors (Lipinski definition) is 4. The van der Waals surface area contributed by atoms with Crippen LogP contribution in [-0.2, 0) is 9.59 Å². The van der Waals surface area contributed by atoms with Gasteiger partial charge in [0.15, 0.2) is 0 Å². The summed E-state index contributed by atoms with van der Waals surface area (Å²) in [6, 6.07) is 12.3. The molecule has 5 nitrogen and oxygen atoms in total. The van der Waals surface area contributed by atoms with E-state index < -0.39 is 11.9 Å². The normalized spacial score (nSPS) is 11.5. The quantitative estimate of drug-likeness (QED) is 0.835. The van der Waals surface area contributed by atoms with E-state index in [1.807, 2.05) is 30.3 Å². The molecule has 1 N–H and O–H groups in total. The van der Waals surface area contributed by atoms with Gasteiger partial charge in [0, 0.05) is 12.2 Å². The van der Waals surface area contributed by atoms with Crippen LogP contribution in [0.3, 0.4) is 0 Å². The van der Waals surface area contributed by atoms with Crippen LogP contribution in [0.5, 0.6) is 0 Å². The van der Waals surface area contributed by atoms with Crippen molar-refractivity contribution in [1.29, 1.82) is 0 Å². The Balaban J connectivity index is 2.06. The van der Waals surface area contributed by atoms with Crippen LogP contribution in [0, 0.1) is 0 Å². The first-order valence-corrected chi connectivity index (χ1v) is 6.16. The third-order valence-electron chi connectivity index (χ3n) is 2.53. The molecular weight excluding hydrogens is 270 g/mol. The van der Waals surface area contributed by atoms with Crippen molar-refractivity contribution >= 4 is 24.0 Å². The van der Waals surface area contributed by atoms with Crippen molar-refractivity contribution in [3.8, 4) is 0 Å². The average Bonchev–Trinajstić information content (AvgIpc) is 2.98. The van der Waals surface area contributed by atoms with Gasteiger partial charge in [-0.05, 0) is 23.8 Å². The number of carboxylic acids is 1. The largest absolute Gasteiger partial charge is 0.543 e. The molecule has 0 saturated carbocycles. The van der Waals surface area contributed by atoms with Crippen LogP contribution in [0.4, 0.5) is 0 Å². The molecule has 0 aliphatic heterocycles. The highest BCUT2D eigenvalue weighted by atomic mass is 16.4. The summed E-state index contributed by atoms with van der Waals surface area (Å²) in [5.41, 5.74) is 0.463. The lowest BCUT2D eigenvalue weighted by Crippen LogP contribution is -2.34. The minimum Gasteiger partial charge on any atom is -0.543 e. The minimum absolute atomic E-state index is 0.307. The molecule has 0 radical (unpaired) electrons. The fourth-order valence-corrected chi connectivity index (χ4v) is 1.57. The van der Waals surface area contributed by atoms with E-state index in [-0.39, 0.29) is 5.70 Å². The van der Waals surface area contributed by atoms with E-state index >= 15 is 0 Å². The van der Waals surface area contributed by atoms with Gasteiger partial charge in [-0.3, -0.25) is 4.79 Å². The third kappa shape index (κ3) is 4.50. The third-order valence-corrected chi connectivity index (χ3v) is 2.53. The monoisotopic (exact) mass is 282 g/mol. The molecule has 0 unspecified atom stereocenters. The van der Waals surface area contributed by atoms with Gasteiger partial charge in [-0.15, -0.1) is 0 Å². The smallest absolute Gasteiger partial charge is 0.248 e. The first-order chi connectivity index (χ1) is 10.1. The number of benzene rings is 1. The van der Waals surface area contributed by atoms with Gasteiger partial charge in [0.2, 0.25) is 5.91 Å². The maximum absolute atomic E-state index is 11.7. The second kappa shape index (κ2) is 6.91. The molecule has 0 fully saturated rings. The number of nitrogens with one attached hydrogen (secondary N) is 1. The van der Waals surface area contributed by atoms with Gasteiger partial charge < -0.3 is 19.6 Å². The fraction of sp³-hybridized carbons (Fsp3) is 0. The molecule has 2 rings (SSSR count). The minimum atomic E-state index is -1.49. The number of hydrogen-bond donors (Lipinski definition) is 1. The van der Waals surface area contributed by atoms with Crippen molar-refractivity contribution in [1.82, 2.24) is 5.32 Å². The summed E-state index contributed by atoms with van der Waals surface area (Å²) in [4.78, 5) is 22.7. The van der Waals surface area contributed by atoms with Crippen molar-refractivity contribution < 1.29 is 19.1 Å². The van der Waals surface area contributed by atoms with Gasteiger partial charge >= 0.3 is 0 Å². The lowest BCUT2D eigenvalue weighted by atomic mass is 10.2. The van der Waals surface area contributed by atoms with Gasteiger partial charge in [-0.1, -0.05) is 30.3 Å². The molecule has 0 aliphatic carbocycles. The standard InChI is InChI=1S/C16H13NO4/c18-15(9-8-12-5-2-1-3-6-12)17-14(16(19)20)11-13-7-4-10-21-13/h1-11H,(H,17,18)(H,19,20)/p-1/b9-8+,14-11+.